The van der Waals surface area contributed by atoms with Gasteiger partial charge in [-0.1, -0.05) is 0 Å². The van der Waals surface area contributed by atoms with Gasteiger partial charge in [-0.15, -0.1) is 0 Å². The van der Waals surface area contributed by atoms with E-state index in [-0.39, 0.29) is 23.4 Å². The molecule has 2 rings (SSSR count). The average molecular weight is 377 g/mol. The van der Waals surface area contributed by atoms with Gasteiger partial charge in [-0.25, -0.2) is 4.79 Å². The van der Waals surface area contributed by atoms with Crippen LogP contribution in [0.2, 0.25) is 0 Å². The number of nitro groups is 1. The Bertz CT molecular complexity index is 708. The van der Waals surface area contributed by atoms with E-state index in [0.29, 0.717) is 24.4 Å². The lowest BCUT2D eigenvalue weighted by Crippen LogP contribution is -2.39. The number of carbonyl (C=O) groups excluding carboxylic acids is 2. The first kappa shape index (κ1) is 20.7. The van der Waals surface area contributed by atoms with Crippen LogP contribution in [-0.2, 0) is 4.74 Å². The summed E-state index contributed by atoms with van der Waals surface area (Å²) in [5.74, 6) is 0.459. The molecule has 148 valence electrons. The van der Waals surface area contributed by atoms with Crippen LogP contribution in [0.5, 0.6) is 0 Å². The molecule has 0 bridgehead atoms. The lowest BCUT2D eigenvalue weighted by Gasteiger charge is -2.37. The zero-order valence-corrected chi connectivity index (χ0v) is 16.2. The van der Waals surface area contributed by atoms with Crippen molar-refractivity contribution in [1.82, 2.24) is 4.90 Å². The van der Waals surface area contributed by atoms with E-state index in [1.54, 1.807) is 24.1 Å². The quantitative estimate of drug-likeness (QED) is 0.440. The highest BCUT2D eigenvalue weighted by Crippen LogP contribution is 2.35. The van der Waals surface area contributed by atoms with Crippen molar-refractivity contribution in [1.29, 1.82) is 0 Å². The van der Waals surface area contributed by atoms with Crippen molar-refractivity contribution in [2.45, 2.75) is 51.7 Å². The fourth-order valence-corrected chi connectivity index (χ4v) is 3.01. The molecule has 0 radical (unpaired) electrons. The van der Waals surface area contributed by atoms with Gasteiger partial charge >= 0.3 is 6.09 Å². The Morgan fingerprint density at radius 3 is 2.63 bits per heavy atom. The van der Waals surface area contributed by atoms with Gasteiger partial charge in [-0.05, 0) is 58.1 Å². The van der Waals surface area contributed by atoms with Crippen LogP contribution in [0.4, 0.5) is 16.2 Å². The normalized spacial score (nSPS) is 19.0. The second-order valence-corrected chi connectivity index (χ2v) is 8.02. The molecular formula is C19H27N3O5. The van der Waals surface area contributed by atoms with Gasteiger partial charge in [0.25, 0.3) is 5.69 Å². The maximum absolute atomic E-state index is 11.9. The van der Waals surface area contributed by atoms with Crippen LogP contribution in [0.25, 0.3) is 0 Å². The maximum Gasteiger partial charge on any atom is 0.410 e. The Labute approximate surface area is 159 Å². The molecule has 0 aromatic heterocycles. The summed E-state index contributed by atoms with van der Waals surface area (Å²) in [5, 5.41) is 14.4. The Balaban J connectivity index is 1.79. The SMILES string of the molecule is CN(CCC1CC(Nc2ccc(C=O)cc2[N+](=O)[O-])C1)C(=O)OC(C)(C)C. The molecule has 1 fully saturated rings. The Hall–Kier alpha value is -2.64. The largest absolute Gasteiger partial charge is 0.444 e. The van der Waals surface area contributed by atoms with Crippen LogP contribution in [-0.4, -0.2) is 47.4 Å². The number of hydrogen-bond acceptors (Lipinski definition) is 6. The molecule has 1 aliphatic carbocycles. The predicted octanol–water partition coefficient (Wildman–Crippen LogP) is 3.85. The van der Waals surface area contributed by atoms with Crippen LogP contribution in [0, 0.1) is 16.0 Å². The number of anilines is 1. The van der Waals surface area contributed by atoms with Gasteiger partial charge in [0.1, 0.15) is 17.6 Å². The van der Waals surface area contributed by atoms with Crippen LogP contribution in [0.15, 0.2) is 18.2 Å². The minimum atomic E-state index is -0.509. The standard InChI is InChI=1S/C19H27N3O5/c1-19(2,3)27-18(24)21(4)8-7-13-9-15(10-13)20-16-6-5-14(12-23)11-17(16)22(25)26/h5-6,11-13,15,20H,7-10H2,1-4H3. The Kier molecular flexibility index (Phi) is 6.41. The summed E-state index contributed by atoms with van der Waals surface area (Å²) in [5.41, 5.74) is 0.113. The molecule has 0 aliphatic heterocycles. The highest BCUT2D eigenvalue weighted by atomic mass is 16.6. The molecule has 1 amide bonds. The van der Waals surface area contributed by atoms with Gasteiger partial charge in [-0.3, -0.25) is 14.9 Å². The molecule has 8 heteroatoms. The number of nitro benzene ring substituents is 1. The summed E-state index contributed by atoms with van der Waals surface area (Å²) in [4.78, 5) is 35.0. The third-order valence-corrected chi connectivity index (χ3v) is 4.53. The highest BCUT2D eigenvalue weighted by Gasteiger charge is 2.31. The second-order valence-electron chi connectivity index (χ2n) is 8.02. The number of nitrogens with zero attached hydrogens (tertiary/aromatic N) is 2. The van der Waals surface area contributed by atoms with E-state index in [2.05, 4.69) is 5.32 Å². The lowest BCUT2D eigenvalue weighted by molar-refractivity contribution is -0.384. The number of nitrogens with one attached hydrogen (secondary N) is 1. The van der Waals surface area contributed by atoms with Gasteiger partial charge in [-0.2, -0.15) is 0 Å². The van der Waals surface area contributed by atoms with E-state index < -0.39 is 10.5 Å². The van der Waals surface area contributed by atoms with Gasteiger partial charge in [0.15, 0.2) is 0 Å². The number of carbonyl (C=O) groups is 2. The lowest BCUT2D eigenvalue weighted by atomic mass is 9.78. The summed E-state index contributed by atoms with van der Waals surface area (Å²) in [6.45, 7) is 6.12. The number of amides is 1. The third kappa shape index (κ3) is 5.94. The minimum Gasteiger partial charge on any atom is -0.444 e. The summed E-state index contributed by atoms with van der Waals surface area (Å²) < 4.78 is 5.32. The van der Waals surface area contributed by atoms with Crippen molar-refractivity contribution in [2.75, 3.05) is 18.9 Å². The summed E-state index contributed by atoms with van der Waals surface area (Å²) in [7, 11) is 1.72. The summed E-state index contributed by atoms with van der Waals surface area (Å²) in [6.07, 6.45) is 2.89. The Morgan fingerprint density at radius 1 is 1.41 bits per heavy atom. The monoisotopic (exact) mass is 377 g/mol. The molecule has 1 aromatic carbocycles. The van der Waals surface area contributed by atoms with E-state index in [9.17, 15) is 19.7 Å². The Morgan fingerprint density at radius 2 is 2.07 bits per heavy atom. The van der Waals surface area contributed by atoms with Gasteiger partial charge in [0, 0.05) is 31.3 Å². The van der Waals surface area contributed by atoms with Gasteiger partial charge in [0.2, 0.25) is 0 Å². The fraction of sp³-hybridized carbons (Fsp3) is 0.579. The minimum absolute atomic E-state index is 0.0901. The molecule has 1 aliphatic rings. The zero-order valence-electron chi connectivity index (χ0n) is 16.2. The number of aldehydes is 1. The van der Waals surface area contributed by atoms with Crippen molar-refractivity contribution in [3.05, 3.63) is 33.9 Å². The number of rotatable bonds is 7. The predicted molar refractivity (Wildman–Crippen MR) is 102 cm³/mol. The fourth-order valence-electron chi connectivity index (χ4n) is 3.01. The van der Waals surface area contributed by atoms with Gasteiger partial charge < -0.3 is 15.0 Å². The van der Waals surface area contributed by atoms with Crippen LogP contribution in [0.3, 0.4) is 0 Å². The van der Waals surface area contributed by atoms with Crippen LogP contribution in [0.1, 0.15) is 50.4 Å². The molecule has 1 N–H and O–H groups in total. The summed E-state index contributed by atoms with van der Waals surface area (Å²) >= 11 is 0. The number of ether oxygens (including phenoxy) is 1. The number of benzene rings is 1. The average Bonchev–Trinajstić information content (AvgIpc) is 2.54. The first-order valence-corrected chi connectivity index (χ1v) is 9.03. The third-order valence-electron chi connectivity index (χ3n) is 4.53. The van der Waals surface area contributed by atoms with E-state index in [4.69, 9.17) is 4.74 Å². The topological polar surface area (TPSA) is 102 Å². The van der Waals surface area contributed by atoms with E-state index in [1.165, 1.54) is 6.07 Å². The molecule has 27 heavy (non-hydrogen) atoms. The molecule has 0 spiro atoms. The zero-order chi connectivity index (χ0) is 20.2. The van der Waals surface area contributed by atoms with Crippen LogP contribution >= 0.6 is 0 Å². The first-order valence-electron chi connectivity index (χ1n) is 9.03. The molecule has 8 nitrogen and oxygen atoms in total. The van der Waals surface area contributed by atoms with E-state index >= 15 is 0 Å². The van der Waals surface area contributed by atoms with Crippen molar-refractivity contribution in [3.63, 3.8) is 0 Å². The molecule has 1 saturated carbocycles. The number of hydrogen-bond donors (Lipinski definition) is 1. The van der Waals surface area contributed by atoms with E-state index in [1.807, 2.05) is 20.8 Å². The molecule has 1 aromatic rings. The van der Waals surface area contributed by atoms with E-state index in [0.717, 1.165) is 19.3 Å². The highest BCUT2D eigenvalue weighted by molar-refractivity contribution is 5.79. The van der Waals surface area contributed by atoms with Gasteiger partial charge in [0.05, 0.1) is 4.92 Å². The van der Waals surface area contributed by atoms with Crippen molar-refractivity contribution < 1.29 is 19.2 Å². The maximum atomic E-state index is 11.9. The van der Waals surface area contributed by atoms with Crippen molar-refractivity contribution in [2.24, 2.45) is 5.92 Å². The molecule has 0 atom stereocenters. The summed E-state index contributed by atoms with van der Waals surface area (Å²) in [6, 6.07) is 4.57. The van der Waals surface area contributed by atoms with Crippen molar-refractivity contribution >= 4 is 23.8 Å². The molecular weight excluding hydrogens is 350 g/mol. The molecule has 0 heterocycles. The van der Waals surface area contributed by atoms with Crippen molar-refractivity contribution in [3.8, 4) is 0 Å². The van der Waals surface area contributed by atoms with Crippen LogP contribution < -0.4 is 5.32 Å². The molecule has 0 saturated heterocycles. The second kappa shape index (κ2) is 8.37. The molecule has 0 unspecified atom stereocenters. The first-order chi connectivity index (χ1) is 12.6. The smallest absolute Gasteiger partial charge is 0.410 e.